The lowest BCUT2D eigenvalue weighted by molar-refractivity contribution is 0.0517. The number of unbranched alkanes of at least 4 members (excludes halogenated alkanes) is 2. The van der Waals surface area contributed by atoms with E-state index in [1.807, 2.05) is 37.2 Å². The lowest BCUT2D eigenvalue weighted by Crippen LogP contribution is -2.31. The van der Waals surface area contributed by atoms with E-state index >= 15 is 0 Å². The number of carbonyl (C=O) groups excluding carboxylic acids is 1. The normalized spacial score (nSPS) is 11.2. The van der Waals surface area contributed by atoms with Crippen LogP contribution < -0.4 is 10.3 Å². The first-order valence-corrected chi connectivity index (χ1v) is 10.7. The van der Waals surface area contributed by atoms with Crippen LogP contribution in [0, 0.1) is 0 Å². The quantitative estimate of drug-likeness (QED) is 0.573. The summed E-state index contributed by atoms with van der Waals surface area (Å²) in [4.78, 5) is 33.5. The zero-order valence-electron chi connectivity index (χ0n) is 18.5. The average Bonchev–Trinajstić information content (AvgIpc) is 2.71. The van der Waals surface area contributed by atoms with Gasteiger partial charge in [-0.3, -0.25) is 9.69 Å². The van der Waals surface area contributed by atoms with Crippen molar-refractivity contribution in [2.24, 2.45) is 0 Å². The molecule has 0 atom stereocenters. The first kappa shape index (κ1) is 22.9. The Morgan fingerprint density at radius 2 is 1.72 bits per heavy atom. The highest BCUT2D eigenvalue weighted by Crippen LogP contribution is 2.20. The van der Waals surface area contributed by atoms with Crippen molar-refractivity contribution in [3.05, 3.63) is 39.7 Å². The Hall–Kier alpha value is -2.34. The molecule has 0 radical (unpaired) electrons. The van der Waals surface area contributed by atoms with E-state index in [9.17, 15) is 9.59 Å². The van der Waals surface area contributed by atoms with Gasteiger partial charge in [-0.2, -0.15) is 0 Å². The summed E-state index contributed by atoms with van der Waals surface area (Å²) in [6.07, 6.45) is 4.31. The van der Waals surface area contributed by atoms with Crippen LogP contribution >= 0.6 is 0 Å². The summed E-state index contributed by atoms with van der Waals surface area (Å²) in [6, 6.07) is 5.67. The van der Waals surface area contributed by atoms with Crippen LogP contribution in [0.15, 0.2) is 23.0 Å². The van der Waals surface area contributed by atoms with Crippen LogP contribution in [0.3, 0.4) is 0 Å². The second-order valence-corrected chi connectivity index (χ2v) is 7.64. The van der Waals surface area contributed by atoms with Gasteiger partial charge in [-0.25, -0.2) is 4.79 Å². The number of hydrogen-bond donors (Lipinski definition) is 1. The molecule has 0 saturated heterocycles. The molecule has 0 aliphatic rings. The first-order valence-electron chi connectivity index (χ1n) is 10.7. The molecule has 29 heavy (non-hydrogen) atoms. The molecule has 0 saturated carbocycles. The number of hydrogen-bond acceptors (Lipinski definition) is 5. The summed E-state index contributed by atoms with van der Waals surface area (Å²) in [6.45, 7) is 8.64. The minimum absolute atomic E-state index is 0.0940. The number of ether oxygens (including phenoxy) is 1. The SMILES string of the molecule is CCCCN(CCCC)Cc1c(C(=O)OCC)[nH]c2ccc(N(C)C)cc2c1=O. The molecule has 0 amide bonds. The Labute approximate surface area is 173 Å². The van der Waals surface area contributed by atoms with Crippen molar-refractivity contribution in [1.29, 1.82) is 0 Å². The maximum Gasteiger partial charge on any atom is 0.355 e. The number of pyridine rings is 1. The number of nitrogens with one attached hydrogen (secondary N) is 1. The smallest absolute Gasteiger partial charge is 0.355 e. The standard InChI is InChI=1S/C23H35N3O3/c1-6-9-13-26(14-10-7-2)16-19-21(23(28)29-8-3)24-20-12-11-17(25(4)5)15-18(20)22(19)27/h11-12,15H,6-10,13-14,16H2,1-5H3,(H,24,27). The van der Waals surface area contributed by atoms with Gasteiger partial charge in [0.1, 0.15) is 5.69 Å². The molecular formula is C23H35N3O3. The number of carbonyl (C=O) groups is 1. The third kappa shape index (κ3) is 5.82. The predicted molar refractivity (Wildman–Crippen MR) is 120 cm³/mol. The average molecular weight is 402 g/mol. The molecule has 160 valence electrons. The van der Waals surface area contributed by atoms with Crippen LogP contribution in [0.5, 0.6) is 0 Å². The van der Waals surface area contributed by atoms with Crippen LogP contribution in [0.25, 0.3) is 10.9 Å². The van der Waals surface area contributed by atoms with Gasteiger partial charge in [0.25, 0.3) is 0 Å². The molecule has 0 unspecified atom stereocenters. The molecule has 6 heteroatoms. The molecule has 6 nitrogen and oxygen atoms in total. The van der Waals surface area contributed by atoms with Crippen LogP contribution in [-0.4, -0.2) is 49.6 Å². The van der Waals surface area contributed by atoms with Crippen molar-refractivity contribution in [3.63, 3.8) is 0 Å². The third-order valence-electron chi connectivity index (χ3n) is 5.12. The van der Waals surface area contributed by atoms with Crippen LogP contribution in [0.4, 0.5) is 5.69 Å². The number of aromatic amines is 1. The molecule has 1 N–H and O–H groups in total. The third-order valence-corrected chi connectivity index (χ3v) is 5.12. The molecule has 0 aliphatic carbocycles. The number of rotatable bonds is 11. The van der Waals surface area contributed by atoms with Gasteiger partial charge in [0.05, 0.1) is 12.1 Å². The molecule has 1 aromatic heterocycles. The molecule has 0 spiro atoms. The van der Waals surface area contributed by atoms with E-state index in [-0.39, 0.29) is 17.7 Å². The lowest BCUT2D eigenvalue weighted by atomic mass is 10.1. The highest BCUT2D eigenvalue weighted by Gasteiger charge is 2.21. The number of nitrogens with zero attached hydrogens (tertiary/aromatic N) is 2. The van der Waals surface area contributed by atoms with E-state index in [4.69, 9.17) is 4.74 Å². The van der Waals surface area contributed by atoms with E-state index in [0.717, 1.165) is 44.5 Å². The topological polar surface area (TPSA) is 65.6 Å². The fourth-order valence-corrected chi connectivity index (χ4v) is 3.38. The van der Waals surface area contributed by atoms with Gasteiger partial charge in [-0.05, 0) is 51.1 Å². The number of anilines is 1. The maximum atomic E-state index is 13.4. The van der Waals surface area contributed by atoms with Gasteiger partial charge >= 0.3 is 5.97 Å². The Balaban J connectivity index is 2.57. The van der Waals surface area contributed by atoms with Crippen molar-refractivity contribution in [3.8, 4) is 0 Å². The van der Waals surface area contributed by atoms with Crippen LogP contribution in [-0.2, 0) is 11.3 Å². The highest BCUT2D eigenvalue weighted by molar-refractivity contribution is 5.93. The summed E-state index contributed by atoms with van der Waals surface area (Å²) in [7, 11) is 3.89. The lowest BCUT2D eigenvalue weighted by Gasteiger charge is -2.23. The van der Waals surface area contributed by atoms with E-state index in [2.05, 4.69) is 23.7 Å². The molecule has 2 aromatic rings. The number of aromatic nitrogens is 1. The van der Waals surface area contributed by atoms with E-state index < -0.39 is 5.97 Å². The molecule has 1 aromatic carbocycles. The fourth-order valence-electron chi connectivity index (χ4n) is 3.38. The van der Waals surface area contributed by atoms with Gasteiger partial charge in [-0.1, -0.05) is 26.7 Å². The van der Waals surface area contributed by atoms with Gasteiger partial charge in [-0.15, -0.1) is 0 Å². The van der Waals surface area contributed by atoms with E-state index in [1.165, 1.54) is 0 Å². The number of H-pyrrole nitrogens is 1. The van der Waals surface area contributed by atoms with Gasteiger partial charge in [0.15, 0.2) is 5.43 Å². The molecule has 1 heterocycles. The zero-order chi connectivity index (χ0) is 21.4. The van der Waals surface area contributed by atoms with Crippen molar-refractivity contribution in [2.45, 2.75) is 53.0 Å². The molecule has 0 fully saturated rings. The highest BCUT2D eigenvalue weighted by atomic mass is 16.5. The van der Waals surface area contributed by atoms with Crippen molar-refractivity contribution in [1.82, 2.24) is 9.88 Å². The minimum Gasteiger partial charge on any atom is -0.461 e. The minimum atomic E-state index is -0.468. The molecule has 0 bridgehead atoms. The Morgan fingerprint density at radius 1 is 1.07 bits per heavy atom. The Bertz CT molecular complexity index is 866. The maximum absolute atomic E-state index is 13.4. The van der Waals surface area contributed by atoms with Crippen molar-refractivity contribution >= 4 is 22.6 Å². The van der Waals surface area contributed by atoms with Gasteiger partial charge in [0, 0.05) is 37.3 Å². The monoisotopic (exact) mass is 401 g/mol. The molecule has 2 rings (SSSR count). The van der Waals surface area contributed by atoms with E-state index in [1.54, 1.807) is 6.92 Å². The molecular weight excluding hydrogens is 366 g/mol. The summed E-state index contributed by atoms with van der Waals surface area (Å²) < 4.78 is 5.24. The van der Waals surface area contributed by atoms with Gasteiger partial charge in [0.2, 0.25) is 0 Å². The fraction of sp³-hybridized carbons (Fsp3) is 0.565. The van der Waals surface area contributed by atoms with Crippen LogP contribution in [0.2, 0.25) is 0 Å². The second kappa shape index (κ2) is 11.0. The summed E-state index contributed by atoms with van der Waals surface area (Å²) in [5, 5.41) is 0.602. The number of esters is 1. The first-order chi connectivity index (χ1) is 13.9. The predicted octanol–water partition coefficient (Wildman–Crippen LogP) is 4.17. The van der Waals surface area contributed by atoms with Gasteiger partial charge < -0.3 is 14.6 Å². The number of fused-ring (bicyclic) bond motifs is 1. The zero-order valence-corrected chi connectivity index (χ0v) is 18.5. The summed E-state index contributed by atoms with van der Waals surface area (Å²) >= 11 is 0. The largest absolute Gasteiger partial charge is 0.461 e. The number of benzene rings is 1. The second-order valence-electron chi connectivity index (χ2n) is 7.64. The summed E-state index contributed by atoms with van der Waals surface area (Å²) in [5.74, 6) is -0.468. The summed E-state index contributed by atoms with van der Waals surface area (Å²) in [5.41, 5.74) is 2.29. The van der Waals surface area contributed by atoms with Crippen molar-refractivity contribution in [2.75, 3.05) is 38.7 Å². The molecule has 0 aliphatic heterocycles. The van der Waals surface area contributed by atoms with E-state index in [0.29, 0.717) is 23.0 Å². The van der Waals surface area contributed by atoms with Crippen LogP contribution in [0.1, 0.15) is 62.5 Å². The van der Waals surface area contributed by atoms with Crippen molar-refractivity contribution < 1.29 is 9.53 Å². The Morgan fingerprint density at radius 3 is 2.28 bits per heavy atom. The Kier molecular flexibility index (Phi) is 8.70.